The van der Waals surface area contributed by atoms with E-state index in [4.69, 9.17) is 9.47 Å². The third-order valence-corrected chi connectivity index (χ3v) is 2.14. The monoisotopic (exact) mass is 249 g/mol. The molecule has 17 heavy (non-hydrogen) atoms. The van der Waals surface area contributed by atoms with E-state index < -0.39 is 12.7 Å². The molecule has 0 fully saturated rings. The molecule has 0 bridgehead atoms. The Bertz CT molecular complexity index is 366. The van der Waals surface area contributed by atoms with E-state index in [1.165, 1.54) is 14.2 Å². The van der Waals surface area contributed by atoms with Crippen molar-refractivity contribution in [3.05, 3.63) is 23.8 Å². The molecule has 0 aliphatic rings. The molecular weight excluding hydrogens is 235 g/mol. The summed E-state index contributed by atoms with van der Waals surface area (Å²) in [6, 6.07) is 4.97. The molecule has 0 aliphatic carbocycles. The smallest absolute Gasteiger partial charge is 0.401 e. The number of rotatable bonds is 5. The van der Waals surface area contributed by atoms with Crippen LogP contribution in [0.5, 0.6) is 11.5 Å². The number of ether oxygens (including phenoxy) is 2. The van der Waals surface area contributed by atoms with E-state index in [9.17, 15) is 13.2 Å². The third-order valence-electron chi connectivity index (χ3n) is 2.14. The van der Waals surface area contributed by atoms with Crippen molar-refractivity contribution in [2.45, 2.75) is 12.7 Å². The Kier molecular flexibility index (Phi) is 4.62. The minimum Gasteiger partial charge on any atom is -0.497 e. The van der Waals surface area contributed by atoms with E-state index in [2.05, 4.69) is 5.32 Å². The number of benzene rings is 1. The molecule has 1 aromatic rings. The number of hydrogen-bond donors (Lipinski definition) is 1. The van der Waals surface area contributed by atoms with Crippen molar-refractivity contribution in [3.63, 3.8) is 0 Å². The highest BCUT2D eigenvalue weighted by Crippen LogP contribution is 2.24. The molecule has 0 heterocycles. The SMILES string of the molecule is COc1ccc(CNCC(F)(F)F)c(OC)c1. The summed E-state index contributed by atoms with van der Waals surface area (Å²) >= 11 is 0. The lowest BCUT2D eigenvalue weighted by atomic mass is 10.2. The lowest BCUT2D eigenvalue weighted by Crippen LogP contribution is -2.28. The first kappa shape index (κ1) is 13.6. The summed E-state index contributed by atoms with van der Waals surface area (Å²) in [4.78, 5) is 0. The molecule has 0 amide bonds. The highest BCUT2D eigenvalue weighted by Gasteiger charge is 2.26. The van der Waals surface area contributed by atoms with Gasteiger partial charge in [0.15, 0.2) is 0 Å². The van der Waals surface area contributed by atoms with E-state index in [0.717, 1.165) is 0 Å². The van der Waals surface area contributed by atoms with Crippen molar-refractivity contribution < 1.29 is 22.6 Å². The van der Waals surface area contributed by atoms with Crippen molar-refractivity contribution in [2.24, 2.45) is 0 Å². The summed E-state index contributed by atoms with van der Waals surface area (Å²) in [7, 11) is 2.97. The first-order valence-corrected chi connectivity index (χ1v) is 4.94. The highest BCUT2D eigenvalue weighted by atomic mass is 19.4. The van der Waals surface area contributed by atoms with Crippen LogP contribution in [-0.2, 0) is 6.54 Å². The second-order valence-electron chi connectivity index (χ2n) is 3.40. The summed E-state index contributed by atoms with van der Waals surface area (Å²) in [5, 5.41) is 2.31. The Morgan fingerprint density at radius 2 is 1.88 bits per heavy atom. The fraction of sp³-hybridized carbons (Fsp3) is 0.455. The molecule has 1 rings (SSSR count). The predicted octanol–water partition coefficient (Wildman–Crippen LogP) is 2.36. The highest BCUT2D eigenvalue weighted by molar-refractivity contribution is 5.40. The van der Waals surface area contributed by atoms with Crippen molar-refractivity contribution in [3.8, 4) is 11.5 Å². The van der Waals surface area contributed by atoms with Gasteiger partial charge in [-0.3, -0.25) is 0 Å². The molecule has 6 heteroatoms. The number of alkyl halides is 3. The van der Waals surface area contributed by atoms with Gasteiger partial charge in [-0.05, 0) is 6.07 Å². The average Bonchev–Trinajstić information content (AvgIpc) is 2.27. The Hall–Kier alpha value is -1.43. The van der Waals surface area contributed by atoms with Gasteiger partial charge in [0.2, 0.25) is 0 Å². The van der Waals surface area contributed by atoms with Gasteiger partial charge in [-0.15, -0.1) is 0 Å². The van der Waals surface area contributed by atoms with E-state index in [-0.39, 0.29) is 6.54 Å². The fourth-order valence-electron chi connectivity index (χ4n) is 1.34. The molecule has 1 N–H and O–H groups in total. The standard InChI is InChI=1S/C11H14F3NO2/c1-16-9-4-3-8(10(5-9)17-2)6-15-7-11(12,13)14/h3-5,15H,6-7H2,1-2H3. The lowest BCUT2D eigenvalue weighted by molar-refractivity contribution is -0.125. The topological polar surface area (TPSA) is 30.5 Å². The first-order valence-electron chi connectivity index (χ1n) is 4.94. The largest absolute Gasteiger partial charge is 0.497 e. The summed E-state index contributed by atoms with van der Waals surface area (Å²) < 4.78 is 45.9. The van der Waals surface area contributed by atoms with Crippen LogP contribution in [0.2, 0.25) is 0 Å². The van der Waals surface area contributed by atoms with Crippen LogP contribution in [-0.4, -0.2) is 26.9 Å². The van der Waals surface area contributed by atoms with Gasteiger partial charge in [-0.2, -0.15) is 13.2 Å². The van der Waals surface area contributed by atoms with Gasteiger partial charge in [0.1, 0.15) is 11.5 Å². The number of methoxy groups -OCH3 is 2. The number of nitrogens with one attached hydrogen (secondary N) is 1. The molecule has 96 valence electrons. The van der Waals surface area contributed by atoms with E-state index in [1.54, 1.807) is 18.2 Å². The first-order chi connectivity index (χ1) is 7.96. The van der Waals surface area contributed by atoms with Gasteiger partial charge < -0.3 is 14.8 Å². The molecule has 0 unspecified atom stereocenters. The minimum atomic E-state index is -4.21. The van der Waals surface area contributed by atoms with Crippen LogP contribution < -0.4 is 14.8 Å². The van der Waals surface area contributed by atoms with Crippen LogP contribution in [0.4, 0.5) is 13.2 Å². The quantitative estimate of drug-likeness (QED) is 0.869. The van der Waals surface area contributed by atoms with E-state index >= 15 is 0 Å². The predicted molar refractivity (Wildman–Crippen MR) is 57.3 cm³/mol. The number of hydrogen-bond acceptors (Lipinski definition) is 3. The molecule has 1 aromatic carbocycles. The van der Waals surface area contributed by atoms with Crippen molar-refractivity contribution in [1.29, 1.82) is 0 Å². The summed E-state index contributed by atoms with van der Waals surface area (Å²) in [5.41, 5.74) is 0.651. The zero-order valence-corrected chi connectivity index (χ0v) is 9.60. The Labute approximate surface area is 97.5 Å². The van der Waals surface area contributed by atoms with Gasteiger partial charge in [0.25, 0.3) is 0 Å². The van der Waals surface area contributed by atoms with Gasteiger partial charge in [-0.25, -0.2) is 0 Å². The normalized spacial score (nSPS) is 11.4. The van der Waals surface area contributed by atoms with Gasteiger partial charge >= 0.3 is 6.18 Å². The molecule has 0 atom stereocenters. The van der Waals surface area contributed by atoms with Crippen LogP contribution in [0, 0.1) is 0 Å². The lowest BCUT2D eigenvalue weighted by Gasteiger charge is -2.12. The molecule has 0 aliphatic heterocycles. The molecular formula is C11H14F3NO2. The summed E-state index contributed by atoms with van der Waals surface area (Å²) in [5.74, 6) is 1.10. The van der Waals surface area contributed by atoms with Crippen LogP contribution in [0.1, 0.15) is 5.56 Å². The molecule has 3 nitrogen and oxygen atoms in total. The maximum atomic E-state index is 11.9. The molecule has 0 radical (unpaired) electrons. The maximum absolute atomic E-state index is 11.9. The Morgan fingerprint density at radius 1 is 1.18 bits per heavy atom. The van der Waals surface area contributed by atoms with Crippen LogP contribution in [0.25, 0.3) is 0 Å². The van der Waals surface area contributed by atoms with Crippen LogP contribution in [0.15, 0.2) is 18.2 Å². The van der Waals surface area contributed by atoms with Crippen LogP contribution in [0.3, 0.4) is 0 Å². The van der Waals surface area contributed by atoms with Gasteiger partial charge in [-0.1, -0.05) is 6.07 Å². The van der Waals surface area contributed by atoms with Crippen molar-refractivity contribution in [1.82, 2.24) is 5.32 Å². The molecule has 0 saturated heterocycles. The van der Waals surface area contributed by atoms with Crippen molar-refractivity contribution >= 4 is 0 Å². The van der Waals surface area contributed by atoms with E-state index in [1.807, 2.05) is 0 Å². The fourth-order valence-corrected chi connectivity index (χ4v) is 1.34. The zero-order valence-electron chi connectivity index (χ0n) is 9.60. The van der Waals surface area contributed by atoms with Crippen LogP contribution >= 0.6 is 0 Å². The average molecular weight is 249 g/mol. The Balaban J connectivity index is 2.64. The van der Waals surface area contributed by atoms with Gasteiger partial charge in [0.05, 0.1) is 20.8 Å². The maximum Gasteiger partial charge on any atom is 0.401 e. The second kappa shape index (κ2) is 5.77. The third kappa shape index (κ3) is 4.52. The van der Waals surface area contributed by atoms with E-state index in [0.29, 0.717) is 17.1 Å². The molecule has 0 aromatic heterocycles. The molecule has 0 spiro atoms. The zero-order chi connectivity index (χ0) is 12.9. The minimum absolute atomic E-state index is 0.0900. The number of halogens is 3. The van der Waals surface area contributed by atoms with Gasteiger partial charge in [0, 0.05) is 18.2 Å². The second-order valence-corrected chi connectivity index (χ2v) is 3.40. The molecule has 0 saturated carbocycles. The Morgan fingerprint density at radius 3 is 2.41 bits per heavy atom. The summed E-state index contributed by atoms with van der Waals surface area (Å²) in [6.07, 6.45) is -4.21. The van der Waals surface area contributed by atoms with Crippen molar-refractivity contribution in [2.75, 3.05) is 20.8 Å². The summed E-state index contributed by atoms with van der Waals surface area (Å²) in [6.45, 7) is -0.936.